The fourth-order valence-corrected chi connectivity index (χ4v) is 8.44. The normalized spacial score (nSPS) is 35.0. The third-order valence-corrected chi connectivity index (χ3v) is 11.5. The molecule has 8 unspecified atom stereocenters. The molecule has 1 N–H and O–H groups in total. The van der Waals surface area contributed by atoms with Gasteiger partial charge in [0.2, 0.25) is 6.29 Å². The van der Waals surface area contributed by atoms with E-state index in [-0.39, 0.29) is 31.2 Å². The number of carboxylic acid groups (broad SMARTS) is 1. The molecule has 7 rings (SSSR count). The second kappa shape index (κ2) is 19.9. The van der Waals surface area contributed by atoms with Crippen LogP contribution >= 0.6 is 0 Å². The maximum atomic E-state index is 12.7. The number of carbonyl (C=O) groups is 2. The van der Waals surface area contributed by atoms with E-state index in [1.807, 2.05) is 105 Å². The van der Waals surface area contributed by atoms with Crippen molar-refractivity contribution in [2.75, 3.05) is 13.2 Å². The van der Waals surface area contributed by atoms with E-state index in [4.69, 9.17) is 52.1 Å². The highest BCUT2D eigenvalue weighted by Gasteiger charge is 2.59. The second-order valence-corrected chi connectivity index (χ2v) is 16.6. The van der Waals surface area contributed by atoms with Crippen LogP contribution in [0, 0.1) is 17.8 Å². The first-order chi connectivity index (χ1) is 28.9. The van der Waals surface area contributed by atoms with Gasteiger partial charge in [0.15, 0.2) is 18.4 Å². The molecule has 14 nitrogen and oxygen atoms in total. The summed E-state index contributed by atoms with van der Waals surface area (Å²) in [5, 5.41) is 9.61. The van der Waals surface area contributed by atoms with E-state index in [2.05, 4.69) is 13.8 Å². The number of rotatable bonds is 15. The fourth-order valence-electron chi connectivity index (χ4n) is 8.44. The fraction of sp³-hybridized carbons (Fsp3) is 0.565. The smallest absolute Gasteiger partial charge is 0.419 e. The molecule has 4 aliphatic rings. The summed E-state index contributed by atoms with van der Waals surface area (Å²) < 4.78 is 70.4. The summed E-state index contributed by atoms with van der Waals surface area (Å²) in [5.41, 5.74) is 2.94. The molecule has 0 spiro atoms. The summed E-state index contributed by atoms with van der Waals surface area (Å²) in [7, 11) is 0. The molecule has 0 bridgehead atoms. The number of esters is 1. The Bertz CT molecular complexity index is 1810. The van der Waals surface area contributed by atoms with Gasteiger partial charge in [0.05, 0.1) is 57.5 Å². The molecule has 0 radical (unpaired) electrons. The Balaban J connectivity index is 1.11. The van der Waals surface area contributed by atoms with E-state index >= 15 is 0 Å². The lowest BCUT2D eigenvalue weighted by Gasteiger charge is -2.48. The summed E-state index contributed by atoms with van der Waals surface area (Å²) in [6.07, 6.45) is -8.84. The van der Waals surface area contributed by atoms with Crippen LogP contribution in [0.1, 0.15) is 58.2 Å². The standard InChI is InChI=1S/C46H58O14/c1-27-22-53-43(29(3)35(27)51-24-32-18-12-8-13-19-32)56-37-30(4)54-45(40-38(37)59-46(5,6)60-40)57-39-36(52-25-33-20-14-9-15-21-33)28(2)34(55-44(39)58-42(49)41(47)48)26-50-23-31-16-10-7-11-17-31/h7-21,27-30,34-40,43-45H,22-26H2,1-6H3,(H,47,48)/t27-,28?,29?,30?,34-,35?,36?,37+,38?,39?,40?,43+,44-,45+/m1/s1. The van der Waals surface area contributed by atoms with Crippen molar-refractivity contribution in [3.8, 4) is 0 Å². The summed E-state index contributed by atoms with van der Waals surface area (Å²) in [6, 6.07) is 29.3. The number of fused-ring (bicyclic) bond motifs is 1. The number of benzene rings is 3. The quantitative estimate of drug-likeness (QED) is 0.140. The molecule has 0 aliphatic carbocycles. The van der Waals surface area contributed by atoms with Crippen molar-refractivity contribution in [2.24, 2.45) is 17.8 Å². The Kier molecular flexibility index (Phi) is 14.7. The molecule has 14 atom stereocenters. The zero-order valence-electron chi connectivity index (χ0n) is 35.0. The SMILES string of the molecule is CC1C(OCc2ccccc2)[C@H](C)CO[C@H]1O[C@H]1C(C)O[C@@H](OC2C(OCc3ccccc3)C(C)[C@@H](COCc3ccccc3)O[C@@H]2OC(=O)C(=O)O)C2OC(C)(C)OC21. The van der Waals surface area contributed by atoms with Gasteiger partial charge in [-0.15, -0.1) is 0 Å². The van der Waals surface area contributed by atoms with E-state index in [1.54, 1.807) is 13.8 Å². The zero-order chi connectivity index (χ0) is 42.4. The molecule has 60 heavy (non-hydrogen) atoms. The van der Waals surface area contributed by atoms with Crippen LogP contribution in [-0.4, -0.2) is 104 Å². The largest absolute Gasteiger partial charge is 0.473 e. The van der Waals surface area contributed by atoms with Crippen LogP contribution in [0.4, 0.5) is 0 Å². The number of ether oxygens (including phenoxy) is 11. The first-order valence-electron chi connectivity index (χ1n) is 20.8. The number of carboxylic acids is 1. The minimum absolute atomic E-state index is 0.0967. The van der Waals surface area contributed by atoms with E-state index in [9.17, 15) is 14.7 Å². The summed E-state index contributed by atoms with van der Waals surface area (Å²) >= 11 is 0. The van der Waals surface area contributed by atoms with Gasteiger partial charge in [-0.1, -0.05) is 112 Å². The van der Waals surface area contributed by atoms with Crippen molar-refractivity contribution in [3.05, 3.63) is 108 Å². The topological polar surface area (TPSA) is 156 Å². The Morgan fingerprint density at radius 1 is 0.650 bits per heavy atom. The molecule has 0 saturated carbocycles. The lowest BCUT2D eigenvalue weighted by Crippen LogP contribution is -2.63. The molecule has 0 amide bonds. The highest BCUT2D eigenvalue weighted by molar-refractivity contribution is 6.28. The molecule has 3 aromatic carbocycles. The van der Waals surface area contributed by atoms with Crippen molar-refractivity contribution in [3.63, 3.8) is 0 Å². The average Bonchev–Trinajstić information content (AvgIpc) is 3.57. The van der Waals surface area contributed by atoms with Crippen LogP contribution in [0.25, 0.3) is 0 Å². The van der Waals surface area contributed by atoms with Gasteiger partial charge in [-0.2, -0.15) is 0 Å². The lowest BCUT2D eigenvalue weighted by molar-refractivity contribution is -0.362. The molecular weight excluding hydrogens is 776 g/mol. The second-order valence-electron chi connectivity index (χ2n) is 16.6. The number of carbonyl (C=O) groups excluding carboxylic acids is 1. The molecule has 4 fully saturated rings. The Morgan fingerprint density at radius 2 is 1.20 bits per heavy atom. The van der Waals surface area contributed by atoms with Gasteiger partial charge in [0.25, 0.3) is 0 Å². The number of hydrogen-bond acceptors (Lipinski definition) is 13. The minimum Gasteiger partial charge on any atom is -0.473 e. The van der Waals surface area contributed by atoms with Crippen molar-refractivity contribution >= 4 is 11.9 Å². The predicted octanol–water partition coefficient (Wildman–Crippen LogP) is 6.03. The molecule has 326 valence electrons. The highest BCUT2D eigenvalue weighted by Crippen LogP contribution is 2.43. The van der Waals surface area contributed by atoms with Crippen molar-refractivity contribution < 1.29 is 66.8 Å². The van der Waals surface area contributed by atoms with Gasteiger partial charge in [0.1, 0.15) is 24.4 Å². The van der Waals surface area contributed by atoms with Gasteiger partial charge < -0.3 is 57.2 Å². The van der Waals surface area contributed by atoms with Crippen LogP contribution in [-0.2, 0) is 81.5 Å². The molecular formula is C46H58O14. The molecule has 4 heterocycles. The van der Waals surface area contributed by atoms with E-state index in [1.165, 1.54) is 0 Å². The maximum Gasteiger partial charge on any atom is 0.419 e. The summed E-state index contributed by atoms with van der Waals surface area (Å²) in [5.74, 6) is -4.76. The molecule has 4 saturated heterocycles. The van der Waals surface area contributed by atoms with Gasteiger partial charge in [-0.25, -0.2) is 9.59 Å². The third kappa shape index (κ3) is 10.8. The van der Waals surface area contributed by atoms with E-state index in [0.717, 1.165) is 16.7 Å². The third-order valence-electron chi connectivity index (χ3n) is 11.5. The van der Waals surface area contributed by atoms with Gasteiger partial charge in [-0.3, -0.25) is 0 Å². The number of aliphatic carboxylic acids is 1. The van der Waals surface area contributed by atoms with Gasteiger partial charge in [0, 0.05) is 17.8 Å². The summed E-state index contributed by atoms with van der Waals surface area (Å²) in [6.45, 7) is 13.0. The Hall–Kier alpha value is -3.80. The van der Waals surface area contributed by atoms with E-state index in [0.29, 0.717) is 19.8 Å². The van der Waals surface area contributed by atoms with Gasteiger partial charge in [-0.05, 0) is 37.5 Å². The first-order valence-corrected chi connectivity index (χ1v) is 20.8. The predicted molar refractivity (Wildman–Crippen MR) is 214 cm³/mol. The Morgan fingerprint density at radius 3 is 1.80 bits per heavy atom. The number of hydrogen-bond donors (Lipinski definition) is 1. The van der Waals surface area contributed by atoms with Crippen LogP contribution in [0.2, 0.25) is 0 Å². The van der Waals surface area contributed by atoms with E-state index < -0.39 is 85.2 Å². The maximum absolute atomic E-state index is 12.7. The zero-order valence-corrected chi connectivity index (χ0v) is 35.0. The van der Waals surface area contributed by atoms with Crippen molar-refractivity contribution in [1.29, 1.82) is 0 Å². The molecule has 4 aliphatic heterocycles. The van der Waals surface area contributed by atoms with Crippen LogP contribution in [0.15, 0.2) is 91.0 Å². The van der Waals surface area contributed by atoms with Crippen molar-refractivity contribution in [1.82, 2.24) is 0 Å². The summed E-state index contributed by atoms with van der Waals surface area (Å²) in [4.78, 5) is 24.6. The molecule has 0 aromatic heterocycles. The Labute approximate surface area is 351 Å². The lowest BCUT2D eigenvalue weighted by atomic mass is 9.89. The van der Waals surface area contributed by atoms with Gasteiger partial charge >= 0.3 is 11.9 Å². The molecule has 14 heteroatoms. The highest BCUT2D eigenvalue weighted by atomic mass is 16.8. The van der Waals surface area contributed by atoms with Crippen molar-refractivity contribution in [2.45, 2.75) is 135 Å². The van der Waals surface area contributed by atoms with Crippen LogP contribution < -0.4 is 0 Å². The minimum atomic E-state index is -1.78. The monoisotopic (exact) mass is 834 g/mol. The first kappa shape index (κ1) is 44.3. The van der Waals surface area contributed by atoms with Crippen LogP contribution in [0.3, 0.4) is 0 Å². The molecule has 3 aromatic rings. The average molecular weight is 835 g/mol. The van der Waals surface area contributed by atoms with Crippen LogP contribution in [0.5, 0.6) is 0 Å².